The number of imide groups is 2. The van der Waals surface area contributed by atoms with Crippen LogP contribution in [-0.4, -0.2) is 35.3 Å². The van der Waals surface area contributed by atoms with Gasteiger partial charge in [0.25, 0.3) is 23.4 Å². The third kappa shape index (κ3) is 5.80. The van der Waals surface area contributed by atoms with Crippen LogP contribution < -0.4 is 20.3 Å². The number of barbiturate groups is 1. The molecule has 1 aliphatic rings. The Morgan fingerprint density at radius 2 is 1.76 bits per heavy atom. The molecule has 1 aliphatic heterocycles. The van der Waals surface area contributed by atoms with Crippen LogP contribution in [0.2, 0.25) is 10.0 Å². The summed E-state index contributed by atoms with van der Waals surface area (Å²) in [6.07, 6.45) is 1.16. The van der Waals surface area contributed by atoms with Crippen molar-refractivity contribution in [3.63, 3.8) is 0 Å². The number of benzene rings is 3. The monoisotopic (exact) mass is 554 g/mol. The molecule has 0 radical (unpaired) electrons. The first kappa shape index (κ1) is 26.3. The molecule has 3 aromatic carbocycles. The molecular formula is C25H16Cl2N4O7. The number of nitrogens with zero attached hydrogens (tertiary/aromatic N) is 2. The number of ether oxygens (including phenoxy) is 1. The van der Waals surface area contributed by atoms with Gasteiger partial charge in [-0.05, 0) is 48.5 Å². The van der Waals surface area contributed by atoms with Gasteiger partial charge < -0.3 is 10.1 Å². The maximum absolute atomic E-state index is 13.2. The third-order valence-electron chi connectivity index (χ3n) is 5.20. The van der Waals surface area contributed by atoms with Gasteiger partial charge >= 0.3 is 6.03 Å². The Labute approximate surface area is 224 Å². The van der Waals surface area contributed by atoms with Crippen LogP contribution in [0.3, 0.4) is 0 Å². The molecule has 0 saturated carbocycles. The first-order valence-electron chi connectivity index (χ1n) is 10.8. The summed E-state index contributed by atoms with van der Waals surface area (Å²) >= 11 is 12.1. The van der Waals surface area contributed by atoms with E-state index in [-0.39, 0.29) is 27.7 Å². The Kier molecular flexibility index (Phi) is 7.70. The first-order chi connectivity index (χ1) is 18.1. The molecule has 0 atom stereocenters. The highest BCUT2D eigenvalue weighted by atomic mass is 35.5. The van der Waals surface area contributed by atoms with Crippen molar-refractivity contribution in [2.24, 2.45) is 0 Å². The molecule has 3 aromatic rings. The quantitative estimate of drug-likeness (QED) is 0.188. The molecule has 5 amide bonds. The van der Waals surface area contributed by atoms with Crippen molar-refractivity contribution < 1.29 is 28.8 Å². The van der Waals surface area contributed by atoms with E-state index in [1.54, 1.807) is 24.3 Å². The summed E-state index contributed by atoms with van der Waals surface area (Å²) in [5.41, 5.74) is -0.100. The zero-order valence-corrected chi connectivity index (χ0v) is 20.7. The fourth-order valence-corrected chi connectivity index (χ4v) is 3.79. The normalized spacial score (nSPS) is 14.3. The largest absolute Gasteiger partial charge is 0.483 e. The number of carbonyl (C=O) groups is 4. The van der Waals surface area contributed by atoms with Crippen LogP contribution in [0, 0.1) is 10.1 Å². The molecule has 11 nitrogen and oxygen atoms in total. The number of anilines is 2. The van der Waals surface area contributed by atoms with Gasteiger partial charge in [-0.3, -0.25) is 29.8 Å². The van der Waals surface area contributed by atoms with Crippen LogP contribution in [0.5, 0.6) is 5.75 Å². The van der Waals surface area contributed by atoms with Crippen molar-refractivity contribution in [3.05, 3.63) is 98.0 Å². The molecule has 192 valence electrons. The first-order valence-corrected chi connectivity index (χ1v) is 11.5. The molecule has 0 bridgehead atoms. The van der Waals surface area contributed by atoms with Crippen LogP contribution in [-0.2, 0) is 14.4 Å². The zero-order chi connectivity index (χ0) is 27.4. The average Bonchev–Trinajstić information content (AvgIpc) is 2.87. The summed E-state index contributed by atoms with van der Waals surface area (Å²) in [6.45, 7) is -0.434. The molecule has 1 fully saturated rings. The fourth-order valence-electron chi connectivity index (χ4n) is 3.43. The van der Waals surface area contributed by atoms with E-state index in [1.165, 1.54) is 30.3 Å². The lowest BCUT2D eigenvalue weighted by atomic mass is 10.1. The minimum Gasteiger partial charge on any atom is -0.483 e. The summed E-state index contributed by atoms with van der Waals surface area (Å²) in [5.74, 6) is -2.35. The summed E-state index contributed by atoms with van der Waals surface area (Å²) in [4.78, 5) is 61.4. The minimum absolute atomic E-state index is 0.00955. The number of hydrogen-bond acceptors (Lipinski definition) is 7. The van der Waals surface area contributed by atoms with Crippen LogP contribution in [0.25, 0.3) is 6.08 Å². The Morgan fingerprint density at radius 1 is 1.05 bits per heavy atom. The molecule has 0 unspecified atom stereocenters. The number of carbonyl (C=O) groups excluding carboxylic acids is 4. The number of amides is 5. The SMILES string of the molecule is O=C(COc1ccc(Cl)cc1/C=C1/C(=O)NC(=O)N(c2ccc([N+](=O)[O-])cc2)C1=O)Nc1ccccc1Cl. The predicted molar refractivity (Wildman–Crippen MR) is 139 cm³/mol. The number of halogens is 2. The molecular weight excluding hydrogens is 539 g/mol. The second-order valence-corrected chi connectivity index (χ2v) is 8.57. The highest BCUT2D eigenvalue weighted by molar-refractivity contribution is 6.39. The van der Waals surface area contributed by atoms with E-state index in [0.29, 0.717) is 15.6 Å². The second kappa shape index (κ2) is 11.1. The van der Waals surface area contributed by atoms with E-state index >= 15 is 0 Å². The Bertz CT molecular complexity index is 1510. The van der Waals surface area contributed by atoms with Crippen molar-refractivity contribution in [1.82, 2.24) is 5.32 Å². The number of hydrogen-bond donors (Lipinski definition) is 2. The minimum atomic E-state index is -1.02. The van der Waals surface area contributed by atoms with Crippen molar-refractivity contribution >= 4 is 70.1 Å². The number of non-ortho nitro benzene ring substituents is 1. The lowest BCUT2D eigenvalue weighted by Gasteiger charge is -2.26. The smallest absolute Gasteiger partial charge is 0.335 e. The Balaban J connectivity index is 1.59. The highest BCUT2D eigenvalue weighted by Crippen LogP contribution is 2.29. The summed E-state index contributed by atoms with van der Waals surface area (Å²) in [6, 6.07) is 14.6. The van der Waals surface area contributed by atoms with Crippen LogP contribution in [0.15, 0.2) is 72.3 Å². The van der Waals surface area contributed by atoms with Gasteiger partial charge in [-0.1, -0.05) is 35.3 Å². The predicted octanol–water partition coefficient (Wildman–Crippen LogP) is 4.59. The molecule has 0 aromatic heterocycles. The highest BCUT2D eigenvalue weighted by Gasteiger charge is 2.37. The molecule has 4 rings (SSSR count). The molecule has 1 heterocycles. The van der Waals surface area contributed by atoms with E-state index in [9.17, 15) is 29.3 Å². The fraction of sp³-hybridized carbons (Fsp3) is 0.0400. The lowest BCUT2D eigenvalue weighted by molar-refractivity contribution is -0.384. The number of urea groups is 1. The van der Waals surface area contributed by atoms with Gasteiger partial charge in [-0.2, -0.15) is 0 Å². The van der Waals surface area contributed by atoms with Gasteiger partial charge in [0.1, 0.15) is 11.3 Å². The molecule has 13 heteroatoms. The molecule has 38 heavy (non-hydrogen) atoms. The molecule has 0 aliphatic carbocycles. The summed E-state index contributed by atoms with van der Waals surface area (Å²) in [5, 5.41) is 16.2. The topological polar surface area (TPSA) is 148 Å². The van der Waals surface area contributed by atoms with E-state index < -0.39 is 40.9 Å². The number of rotatable bonds is 7. The zero-order valence-electron chi connectivity index (χ0n) is 19.1. The van der Waals surface area contributed by atoms with Crippen molar-refractivity contribution in [2.45, 2.75) is 0 Å². The standard InChI is InChI=1S/C25H16Cl2N4O7/c26-15-5-10-21(38-13-22(32)28-20-4-2-1-3-19(20)27)14(11-15)12-18-23(33)29-25(35)30(24(18)34)16-6-8-17(9-7-16)31(36)37/h1-12H,13H2,(H,28,32)(H,29,33,35)/b18-12-. The Morgan fingerprint density at radius 3 is 2.45 bits per heavy atom. The van der Waals surface area contributed by atoms with E-state index in [1.807, 2.05) is 0 Å². The van der Waals surface area contributed by atoms with E-state index in [0.717, 1.165) is 18.2 Å². The van der Waals surface area contributed by atoms with Gasteiger partial charge in [0, 0.05) is 22.7 Å². The number of para-hydroxylation sites is 1. The number of nitro groups is 1. The number of nitrogens with one attached hydrogen (secondary N) is 2. The average molecular weight is 555 g/mol. The molecule has 0 spiro atoms. The van der Waals surface area contributed by atoms with E-state index in [4.69, 9.17) is 27.9 Å². The van der Waals surface area contributed by atoms with Gasteiger partial charge in [-0.25, -0.2) is 9.69 Å². The maximum atomic E-state index is 13.2. The third-order valence-corrected chi connectivity index (χ3v) is 5.76. The van der Waals surface area contributed by atoms with Crippen molar-refractivity contribution in [3.8, 4) is 5.75 Å². The van der Waals surface area contributed by atoms with Crippen molar-refractivity contribution in [1.29, 1.82) is 0 Å². The van der Waals surface area contributed by atoms with Crippen LogP contribution in [0.4, 0.5) is 21.9 Å². The summed E-state index contributed by atoms with van der Waals surface area (Å²) < 4.78 is 5.60. The van der Waals surface area contributed by atoms with E-state index in [2.05, 4.69) is 10.6 Å². The van der Waals surface area contributed by atoms with Crippen LogP contribution >= 0.6 is 23.2 Å². The molecule has 1 saturated heterocycles. The van der Waals surface area contributed by atoms with Gasteiger partial charge in [-0.15, -0.1) is 0 Å². The van der Waals surface area contributed by atoms with Gasteiger partial charge in [0.2, 0.25) is 0 Å². The second-order valence-electron chi connectivity index (χ2n) is 7.73. The van der Waals surface area contributed by atoms with Crippen LogP contribution in [0.1, 0.15) is 5.56 Å². The summed E-state index contributed by atoms with van der Waals surface area (Å²) in [7, 11) is 0. The maximum Gasteiger partial charge on any atom is 0.335 e. The Hall–Kier alpha value is -4.74. The van der Waals surface area contributed by atoms with Crippen molar-refractivity contribution in [2.75, 3.05) is 16.8 Å². The lowest BCUT2D eigenvalue weighted by Crippen LogP contribution is -2.54. The van der Waals surface area contributed by atoms with Gasteiger partial charge in [0.15, 0.2) is 6.61 Å². The number of nitro benzene ring substituents is 1. The molecule has 2 N–H and O–H groups in total. The van der Waals surface area contributed by atoms with Gasteiger partial charge in [0.05, 0.1) is 21.3 Å².